The van der Waals surface area contributed by atoms with Gasteiger partial charge in [-0.1, -0.05) is 6.92 Å². The molecule has 0 N–H and O–H groups in total. The topological polar surface area (TPSA) is 70.3 Å². The van der Waals surface area contributed by atoms with Gasteiger partial charge in [-0.25, -0.2) is 4.79 Å². The van der Waals surface area contributed by atoms with E-state index in [4.69, 9.17) is 4.74 Å². The standard InChI is InChI=1S/C13H20N2O4/c1-6-19-10(16)7-8(2)11-9(3)14(4)13(18)15(5)12(11)17/h8H,6-7H2,1-5H3/t8-/m0/s1. The minimum atomic E-state index is -0.366. The van der Waals surface area contributed by atoms with E-state index in [-0.39, 0.29) is 29.6 Å². The third kappa shape index (κ3) is 2.94. The molecule has 1 rings (SSSR count). The fourth-order valence-corrected chi connectivity index (χ4v) is 2.11. The Bertz CT molecular complexity index is 598. The monoisotopic (exact) mass is 268 g/mol. The van der Waals surface area contributed by atoms with Crippen molar-refractivity contribution in [2.75, 3.05) is 6.61 Å². The normalized spacial score (nSPS) is 12.3. The molecule has 6 heteroatoms. The first kappa shape index (κ1) is 15.2. The van der Waals surface area contributed by atoms with E-state index in [1.54, 1.807) is 27.8 Å². The molecule has 0 unspecified atom stereocenters. The summed E-state index contributed by atoms with van der Waals surface area (Å²) in [6.45, 7) is 5.54. The van der Waals surface area contributed by atoms with Gasteiger partial charge in [-0.05, 0) is 19.8 Å². The SMILES string of the molecule is CCOC(=O)C[C@H](C)c1c(C)n(C)c(=O)n(C)c1=O. The van der Waals surface area contributed by atoms with Crippen LogP contribution < -0.4 is 11.2 Å². The first-order valence-corrected chi connectivity index (χ1v) is 6.23. The second-order valence-electron chi connectivity index (χ2n) is 4.62. The molecular formula is C13H20N2O4. The Balaban J connectivity index is 3.25. The molecule has 0 fully saturated rings. The van der Waals surface area contributed by atoms with Gasteiger partial charge in [0.2, 0.25) is 0 Å². The van der Waals surface area contributed by atoms with Gasteiger partial charge in [0, 0.05) is 25.4 Å². The molecule has 0 saturated carbocycles. The largest absolute Gasteiger partial charge is 0.466 e. The summed E-state index contributed by atoms with van der Waals surface area (Å²) in [5, 5.41) is 0. The second-order valence-corrected chi connectivity index (χ2v) is 4.62. The number of esters is 1. The van der Waals surface area contributed by atoms with E-state index in [1.165, 1.54) is 11.6 Å². The fraction of sp³-hybridized carbons (Fsp3) is 0.615. The summed E-state index contributed by atoms with van der Waals surface area (Å²) in [7, 11) is 3.04. The minimum Gasteiger partial charge on any atom is -0.466 e. The quantitative estimate of drug-likeness (QED) is 0.743. The van der Waals surface area contributed by atoms with Crippen molar-refractivity contribution in [3.63, 3.8) is 0 Å². The lowest BCUT2D eigenvalue weighted by molar-refractivity contribution is -0.143. The minimum absolute atomic E-state index is 0.127. The lowest BCUT2D eigenvalue weighted by atomic mass is 9.97. The molecule has 6 nitrogen and oxygen atoms in total. The Hall–Kier alpha value is -1.85. The molecule has 0 spiro atoms. The molecular weight excluding hydrogens is 248 g/mol. The molecule has 19 heavy (non-hydrogen) atoms. The first-order chi connectivity index (χ1) is 8.81. The highest BCUT2D eigenvalue weighted by Crippen LogP contribution is 2.18. The summed E-state index contributed by atoms with van der Waals surface area (Å²) >= 11 is 0. The summed E-state index contributed by atoms with van der Waals surface area (Å²) < 4.78 is 7.36. The predicted molar refractivity (Wildman–Crippen MR) is 71.3 cm³/mol. The highest BCUT2D eigenvalue weighted by Gasteiger charge is 2.20. The van der Waals surface area contributed by atoms with Gasteiger partial charge in [-0.15, -0.1) is 0 Å². The maximum Gasteiger partial charge on any atom is 0.330 e. The number of hydrogen-bond acceptors (Lipinski definition) is 4. The molecule has 0 aliphatic rings. The van der Waals surface area contributed by atoms with Crippen molar-refractivity contribution < 1.29 is 9.53 Å². The van der Waals surface area contributed by atoms with Crippen molar-refractivity contribution >= 4 is 5.97 Å². The van der Waals surface area contributed by atoms with Crippen LogP contribution in [0.5, 0.6) is 0 Å². The van der Waals surface area contributed by atoms with Crippen molar-refractivity contribution in [3.05, 3.63) is 32.1 Å². The zero-order valence-electron chi connectivity index (χ0n) is 12.0. The molecule has 1 aromatic heterocycles. The van der Waals surface area contributed by atoms with Crippen LogP contribution in [0.25, 0.3) is 0 Å². The molecule has 0 amide bonds. The molecule has 1 aromatic rings. The van der Waals surface area contributed by atoms with Gasteiger partial charge in [-0.2, -0.15) is 0 Å². The molecule has 1 atom stereocenters. The third-order valence-electron chi connectivity index (χ3n) is 3.27. The van der Waals surface area contributed by atoms with Gasteiger partial charge in [0.1, 0.15) is 0 Å². The first-order valence-electron chi connectivity index (χ1n) is 6.23. The van der Waals surface area contributed by atoms with Crippen LogP contribution in [0.2, 0.25) is 0 Å². The van der Waals surface area contributed by atoms with Crippen LogP contribution in [0.4, 0.5) is 0 Å². The molecule has 0 radical (unpaired) electrons. The van der Waals surface area contributed by atoms with E-state index in [0.717, 1.165) is 4.57 Å². The summed E-state index contributed by atoms with van der Waals surface area (Å²) in [6.07, 6.45) is 0.127. The lowest BCUT2D eigenvalue weighted by Crippen LogP contribution is -2.41. The summed E-state index contributed by atoms with van der Waals surface area (Å²) in [5.74, 6) is -0.630. The van der Waals surface area contributed by atoms with Crippen molar-refractivity contribution in [1.29, 1.82) is 0 Å². The van der Waals surface area contributed by atoms with E-state index < -0.39 is 0 Å². The van der Waals surface area contributed by atoms with E-state index >= 15 is 0 Å². The van der Waals surface area contributed by atoms with E-state index in [1.807, 2.05) is 0 Å². The number of carbonyl (C=O) groups is 1. The van der Waals surface area contributed by atoms with E-state index in [9.17, 15) is 14.4 Å². The Labute approximate surface area is 111 Å². The van der Waals surface area contributed by atoms with Gasteiger partial charge >= 0.3 is 11.7 Å². The lowest BCUT2D eigenvalue weighted by Gasteiger charge is -2.16. The maximum absolute atomic E-state index is 12.1. The van der Waals surface area contributed by atoms with Crippen LogP contribution in [0.15, 0.2) is 9.59 Å². The molecule has 106 valence electrons. The molecule has 1 heterocycles. The van der Waals surface area contributed by atoms with Crippen molar-refractivity contribution in [2.24, 2.45) is 14.1 Å². The van der Waals surface area contributed by atoms with Crippen molar-refractivity contribution in [1.82, 2.24) is 9.13 Å². The summed E-state index contributed by atoms with van der Waals surface area (Å²) in [5.41, 5.74) is 0.356. The summed E-state index contributed by atoms with van der Waals surface area (Å²) in [4.78, 5) is 35.4. The smallest absolute Gasteiger partial charge is 0.330 e. The number of carbonyl (C=O) groups excluding carboxylic acids is 1. The fourth-order valence-electron chi connectivity index (χ4n) is 2.11. The van der Waals surface area contributed by atoms with Gasteiger partial charge in [0.25, 0.3) is 5.56 Å². The van der Waals surface area contributed by atoms with Crippen LogP contribution in [0, 0.1) is 6.92 Å². The van der Waals surface area contributed by atoms with Crippen LogP contribution in [-0.2, 0) is 23.6 Å². The van der Waals surface area contributed by atoms with E-state index in [0.29, 0.717) is 17.9 Å². The molecule has 0 saturated heterocycles. The van der Waals surface area contributed by atoms with Gasteiger partial charge in [0.15, 0.2) is 0 Å². The highest BCUT2D eigenvalue weighted by molar-refractivity contribution is 5.70. The van der Waals surface area contributed by atoms with Gasteiger partial charge in [-0.3, -0.25) is 14.2 Å². The second kappa shape index (κ2) is 5.86. The Kier molecular flexibility index (Phi) is 4.69. The van der Waals surface area contributed by atoms with E-state index in [2.05, 4.69) is 0 Å². The maximum atomic E-state index is 12.1. The van der Waals surface area contributed by atoms with Crippen LogP contribution in [0.1, 0.15) is 37.4 Å². The predicted octanol–water partition coefficient (Wildman–Crippen LogP) is 0.449. The van der Waals surface area contributed by atoms with Crippen LogP contribution in [0.3, 0.4) is 0 Å². The number of aromatic nitrogens is 2. The molecule has 0 bridgehead atoms. The number of ether oxygens (including phenoxy) is 1. The number of hydrogen-bond donors (Lipinski definition) is 0. The molecule has 0 aliphatic carbocycles. The van der Waals surface area contributed by atoms with Crippen LogP contribution in [-0.4, -0.2) is 21.7 Å². The Morgan fingerprint density at radius 3 is 2.37 bits per heavy atom. The highest BCUT2D eigenvalue weighted by atomic mass is 16.5. The zero-order chi connectivity index (χ0) is 14.7. The number of rotatable bonds is 4. The molecule has 0 aromatic carbocycles. The third-order valence-corrected chi connectivity index (χ3v) is 3.27. The number of nitrogens with zero attached hydrogens (tertiary/aromatic N) is 2. The average Bonchev–Trinajstić information content (AvgIpc) is 2.34. The molecule has 0 aliphatic heterocycles. The Morgan fingerprint density at radius 1 is 1.26 bits per heavy atom. The van der Waals surface area contributed by atoms with Crippen molar-refractivity contribution in [2.45, 2.75) is 33.1 Å². The summed E-state index contributed by atoms with van der Waals surface area (Å²) in [6, 6.07) is 0. The zero-order valence-corrected chi connectivity index (χ0v) is 12.0. The van der Waals surface area contributed by atoms with Crippen molar-refractivity contribution in [3.8, 4) is 0 Å². The van der Waals surface area contributed by atoms with Gasteiger partial charge in [0.05, 0.1) is 13.0 Å². The van der Waals surface area contributed by atoms with Gasteiger partial charge < -0.3 is 9.30 Å². The van der Waals surface area contributed by atoms with Crippen LogP contribution >= 0.6 is 0 Å². The average molecular weight is 268 g/mol. The Morgan fingerprint density at radius 2 is 1.84 bits per heavy atom.